The van der Waals surface area contributed by atoms with E-state index in [2.05, 4.69) is 17.9 Å². The van der Waals surface area contributed by atoms with E-state index in [1.54, 1.807) is 12.1 Å². The SMILES string of the molecule is CC1(C)OB(C(=Cc2cccc3c2NC(=O)C3=O)CS)OC1(C)C. The van der Waals surface area contributed by atoms with Gasteiger partial charge in [-0.1, -0.05) is 18.2 Å². The highest BCUT2D eigenvalue weighted by Gasteiger charge is 2.52. The van der Waals surface area contributed by atoms with E-state index in [1.165, 1.54) is 0 Å². The van der Waals surface area contributed by atoms with Crippen molar-refractivity contribution < 1.29 is 18.9 Å². The van der Waals surface area contributed by atoms with Crippen molar-refractivity contribution in [1.82, 2.24) is 0 Å². The second-order valence-corrected chi connectivity index (χ2v) is 7.33. The summed E-state index contributed by atoms with van der Waals surface area (Å²) in [4.78, 5) is 23.5. The Hall–Kier alpha value is -1.57. The largest absolute Gasteiger partial charge is 0.491 e. The molecule has 2 aliphatic heterocycles. The maximum atomic E-state index is 11.8. The summed E-state index contributed by atoms with van der Waals surface area (Å²) < 4.78 is 12.1. The Balaban J connectivity index is 1.97. The summed E-state index contributed by atoms with van der Waals surface area (Å²) in [6.45, 7) is 7.95. The van der Waals surface area contributed by atoms with Gasteiger partial charge in [-0.25, -0.2) is 0 Å². The van der Waals surface area contributed by atoms with Crippen molar-refractivity contribution in [2.75, 3.05) is 11.1 Å². The Kier molecular flexibility index (Phi) is 4.14. The van der Waals surface area contributed by atoms with Crippen molar-refractivity contribution in [3.63, 3.8) is 0 Å². The molecule has 1 fully saturated rings. The maximum absolute atomic E-state index is 11.8. The van der Waals surface area contributed by atoms with Gasteiger partial charge in [-0.05, 0) is 44.8 Å². The Morgan fingerprint density at radius 2 is 1.83 bits per heavy atom. The molecule has 7 heteroatoms. The van der Waals surface area contributed by atoms with E-state index in [1.807, 2.05) is 39.8 Å². The Bertz CT molecular complexity index is 741. The molecular formula is C17H20BNO4S. The molecule has 1 aromatic carbocycles. The molecule has 0 unspecified atom stereocenters. The van der Waals surface area contributed by atoms with Crippen molar-refractivity contribution in [1.29, 1.82) is 0 Å². The molecule has 1 saturated heterocycles. The van der Waals surface area contributed by atoms with E-state index in [0.717, 1.165) is 11.0 Å². The first-order chi connectivity index (χ1) is 11.2. The number of rotatable bonds is 3. The summed E-state index contributed by atoms with van der Waals surface area (Å²) in [6, 6.07) is 5.23. The number of benzene rings is 1. The van der Waals surface area contributed by atoms with Crippen LogP contribution >= 0.6 is 12.6 Å². The van der Waals surface area contributed by atoms with Gasteiger partial charge in [0.2, 0.25) is 0 Å². The number of Topliss-reactive ketones (excluding diaryl/α,β-unsaturated/α-hetero) is 1. The van der Waals surface area contributed by atoms with Crippen LogP contribution in [0.5, 0.6) is 0 Å². The van der Waals surface area contributed by atoms with Crippen molar-refractivity contribution in [3.05, 3.63) is 34.8 Å². The summed E-state index contributed by atoms with van der Waals surface area (Å²) >= 11 is 4.39. The molecule has 3 rings (SSSR count). The van der Waals surface area contributed by atoms with Gasteiger partial charge in [0.1, 0.15) is 0 Å². The van der Waals surface area contributed by atoms with Crippen LogP contribution in [0.2, 0.25) is 0 Å². The van der Waals surface area contributed by atoms with Crippen molar-refractivity contribution >= 4 is 43.2 Å². The van der Waals surface area contributed by atoms with Gasteiger partial charge < -0.3 is 14.6 Å². The summed E-state index contributed by atoms with van der Waals surface area (Å²) in [5.41, 5.74) is 1.61. The first-order valence-corrected chi connectivity index (χ1v) is 8.45. The lowest BCUT2D eigenvalue weighted by molar-refractivity contribution is -0.112. The molecule has 0 atom stereocenters. The van der Waals surface area contributed by atoms with Crippen LogP contribution in [0, 0.1) is 0 Å². The number of thiol groups is 1. The highest BCUT2D eigenvalue weighted by Crippen LogP contribution is 2.39. The van der Waals surface area contributed by atoms with E-state index in [-0.39, 0.29) is 0 Å². The molecule has 0 radical (unpaired) electrons. The Morgan fingerprint density at radius 1 is 1.21 bits per heavy atom. The zero-order chi connectivity index (χ0) is 17.7. The number of para-hydroxylation sites is 1. The van der Waals surface area contributed by atoms with Crippen LogP contribution in [-0.2, 0) is 14.1 Å². The highest BCUT2D eigenvalue weighted by atomic mass is 32.1. The summed E-state index contributed by atoms with van der Waals surface area (Å²) in [7, 11) is -0.517. The third-order valence-corrected chi connectivity index (χ3v) is 5.23. The fourth-order valence-corrected chi connectivity index (χ4v) is 2.93. The third-order valence-electron chi connectivity index (χ3n) is 4.87. The molecule has 5 nitrogen and oxygen atoms in total. The van der Waals surface area contributed by atoms with Gasteiger partial charge in [0.15, 0.2) is 0 Å². The normalized spacial score (nSPS) is 21.9. The molecule has 0 saturated carbocycles. The molecule has 1 N–H and O–H groups in total. The van der Waals surface area contributed by atoms with Crippen LogP contribution < -0.4 is 5.32 Å². The highest BCUT2D eigenvalue weighted by molar-refractivity contribution is 7.80. The lowest BCUT2D eigenvalue weighted by Crippen LogP contribution is -2.41. The molecule has 126 valence electrons. The van der Waals surface area contributed by atoms with Gasteiger partial charge in [0, 0.05) is 5.75 Å². The predicted octanol–water partition coefficient (Wildman–Crippen LogP) is 2.77. The second kappa shape index (κ2) is 5.76. The lowest BCUT2D eigenvalue weighted by Gasteiger charge is -2.32. The number of amides is 1. The van der Waals surface area contributed by atoms with Crippen LogP contribution in [0.15, 0.2) is 23.7 Å². The van der Waals surface area contributed by atoms with Crippen LogP contribution in [0.3, 0.4) is 0 Å². The van der Waals surface area contributed by atoms with Crippen LogP contribution in [-0.4, -0.2) is 35.8 Å². The first-order valence-electron chi connectivity index (χ1n) is 7.82. The fourth-order valence-electron chi connectivity index (χ4n) is 2.69. The first kappa shape index (κ1) is 17.3. The minimum Gasteiger partial charge on any atom is -0.400 e. The molecule has 0 aliphatic carbocycles. The third kappa shape index (κ3) is 2.70. The van der Waals surface area contributed by atoms with Crippen LogP contribution in [0.4, 0.5) is 5.69 Å². The van der Waals surface area contributed by atoms with Crippen molar-refractivity contribution in [3.8, 4) is 0 Å². The number of hydrogen-bond acceptors (Lipinski definition) is 5. The number of nitrogens with one attached hydrogen (secondary N) is 1. The molecule has 0 aromatic heterocycles. The van der Waals surface area contributed by atoms with Gasteiger partial charge >= 0.3 is 7.12 Å². The average Bonchev–Trinajstić information content (AvgIpc) is 2.91. The lowest BCUT2D eigenvalue weighted by atomic mass is 9.78. The van der Waals surface area contributed by atoms with Gasteiger partial charge in [-0.15, -0.1) is 0 Å². The van der Waals surface area contributed by atoms with E-state index < -0.39 is 30.0 Å². The number of carbonyl (C=O) groups is 2. The molecule has 1 amide bonds. The molecule has 0 spiro atoms. The van der Waals surface area contributed by atoms with E-state index in [4.69, 9.17) is 9.31 Å². The zero-order valence-corrected chi connectivity index (χ0v) is 15.1. The van der Waals surface area contributed by atoms with Crippen LogP contribution in [0.1, 0.15) is 43.6 Å². The summed E-state index contributed by atoms with van der Waals surface area (Å²) in [5.74, 6) is -0.681. The molecule has 2 heterocycles. The van der Waals surface area contributed by atoms with E-state index in [0.29, 0.717) is 17.0 Å². The second-order valence-electron chi connectivity index (χ2n) is 7.02. The monoisotopic (exact) mass is 345 g/mol. The molecule has 0 bridgehead atoms. The zero-order valence-electron chi connectivity index (χ0n) is 14.2. The minimum atomic E-state index is -0.603. The quantitative estimate of drug-likeness (QED) is 0.502. The summed E-state index contributed by atoms with van der Waals surface area (Å²) in [6.07, 6.45) is 1.87. The Labute approximate surface area is 147 Å². The van der Waals surface area contributed by atoms with Gasteiger partial charge in [-0.2, -0.15) is 12.6 Å². The van der Waals surface area contributed by atoms with E-state index >= 15 is 0 Å². The topological polar surface area (TPSA) is 64.6 Å². The number of carbonyl (C=O) groups excluding carboxylic acids is 2. The summed E-state index contributed by atoms with van der Waals surface area (Å²) in [5, 5.41) is 2.63. The Morgan fingerprint density at radius 3 is 2.42 bits per heavy atom. The van der Waals surface area contributed by atoms with E-state index in [9.17, 15) is 9.59 Å². The maximum Gasteiger partial charge on any atom is 0.491 e. The van der Waals surface area contributed by atoms with Crippen molar-refractivity contribution in [2.24, 2.45) is 0 Å². The predicted molar refractivity (Wildman–Crippen MR) is 97.3 cm³/mol. The molecular weight excluding hydrogens is 325 g/mol. The number of fused-ring (bicyclic) bond motifs is 1. The fraction of sp³-hybridized carbons (Fsp3) is 0.412. The molecule has 24 heavy (non-hydrogen) atoms. The molecule has 1 aromatic rings. The minimum absolute atomic E-state index is 0.390. The smallest absolute Gasteiger partial charge is 0.400 e. The van der Waals surface area contributed by atoms with Gasteiger partial charge in [0.25, 0.3) is 11.7 Å². The standard InChI is InChI=1S/C17H20BNO4S/c1-16(2)17(3,4)23-18(22-16)11(9-24)8-10-6-5-7-12-13(10)19-15(21)14(12)20/h5-8,24H,9H2,1-4H3,(H,19,20,21). The van der Waals surface area contributed by atoms with Gasteiger partial charge in [0.05, 0.1) is 22.5 Å². The van der Waals surface area contributed by atoms with Gasteiger partial charge in [-0.3, -0.25) is 9.59 Å². The average molecular weight is 345 g/mol. The molecule has 2 aliphatic rings. The number of ketones is 1. The number of anilines is 1. The van der Waals surface area contributed by atoms with Crippen LogP contribution in [0.25, 0.3) is 6.08 Å². The van der Waals surface area contributed by atoms with Crippen molar-refractivity contribution in [2.45, 2.75) is 38.9 Å². The number of hydrogen-bond donors (Lipinski definition) is 2.